The van der Waals surface area contributed by atoms with Crippen LogP contribution in [-0.4, -0.2) is 29.1 Å². The van der Waals surface area contributed by atoms with Gasteiger partial charge in [-0.2, -0.15) is 0 Å². The lowest BCUT2D eigenvalue weighted by molar-refractivity contribution is -0.139. The Hall–Kier alpha value is -1.81. The van der Waals surface area contributed by atoms with Gasteiger partial charge in [0.1, 0.15) is 6.04 Å². The van der Waals surface area contributed by atoms with Crippen LogP contribution in [0.5, 0.6) is 0 Å². The van der Waals surface area contributed by atoms with Gasteiger partial charge in [-0.1, -0.05) is 0 Å². The van der Waals surface area contributed by atoms with E-state index in [0.29, 0.717) is 6.42 Å². The van der Waals surface area contributed by atoms with Crippen LogP contribution in [0.2, 0.25) is 0 Å². The maximum atomic E-state index is 11.1. The van der Waals surface area contributed by atoms with Gasteiger partial charge in [0.2, 0.25) is 0 Å². The molecule has 0 saturated carbocycles. The molecule has 1 heterocycles. The van der Waals surface area contributed by atoms with Gasteiger partial charge in [-0.3, -0.25) is 4.79 Å². The standard InChI is InChI=1S/C15H18N2O2/c1-16-14(15(18)19)7-11-8-17-13-6-10-4-2-3-9(10)5-12(11)13/h5-6,8,14,16-17H,2-4,7H2,1H3,(H,18,19). The smallest absolute Gasteiger partial charge is 0.321 e. The fourth-order valence-corrected chi connectivity index (χ4v) is 2.95. The van der Waals surface area contributed by atoms with Crippen molar-refractivity contribution in [2.75, 3.05) is 7.05 Å². The zero-order valence-electron chi connectivity index (χ0n) is 11.0. The van der Waals surface area contributed by atoms with Crippen molar-refractivity contribution in [2.24, 2.45) is 0 Å². The molecule has 0 radical (unpaired) electrons. The van der Waals surface area contributed by atoms with E-state index >= 15 is 0 Å². The molecule has 1 aliphatic rings. The second-order valence-corrected chi connectivity index (χ2v) is 5.22. The summed E-state index contributed by atoms with van der Waals surface area (Å²) in [6.45, 7) is 0. The molecule has 0 spiro atoms. The van der Waals surface area contributed by atoms with Crippen LogP contribution >= 0.6 is 0 Å². The van der Waals surface area contributed by atoms with Crippen molar-refractivity contribution < 1.29 is 9.90 Å². The van der Waals surface area contributed by atoms with E-state index in [4.69, 9.17) is 5.11 Å². The largest absolute Gasteiger partial charge is 0.480 e. The van der Waals surface area contributed by atoms with Crippen molar-refractivity contribution in [2.45, 2.75) is 31.7 Å². The van der Waals surface area contributed by atoms with Crippen LogP contribution < -0.4 is 5.32 Å². The van der Waals surface area contributed by atoms with Gasteiger partial charge in [-0.15, -0.1) is 0 Å². The van der Waals surface area contributed by atoms with Crippen molar-refractivity contribution >= 4 is 16.9 Å². The summed E-state index contributed by atoms with van der Waals surface area (Å²) in [6.07, 6.45) is 5.97. The van der Waals surface area contributed by atoms with Crippen molar-refractivity contribution in [1.29, 1.82) is 0 Å². The second kappa shape index (κ2) is 4.70. The van der Waals surface area contributed by atoms with Crippen LogP contribution in [0, 0.1) is 0 Å². The molecule has 100 valence electrons. The summed E-state index contributed by atoms with van der Waals surface area (Å²) >= 11 is 0. The highest BCUT2D eigenvalue weighted by Crippen LogP contribution is 2.29. The molecular formula is C15H18N2O2. The molecule has 1 unspecified atom stereocenters. The highest BCUT2D eigenvalue weighted by molar-refractivity contribution is 5.86. The number of hydrogen-bond acceptors (Lipinski definition) is 2. The summed E-state index contributed by atoms with van der Waals surface area (Å²) in [5.41, 5.74) is 5.05. The van der Waals surface area contributed by atoms with E-state index in [1.165, 1.54) is 22.9 Å². The first kappa shape index (κ1) is 12.2. The van der Waals surface area contributed by atoms with Crippen molar-refractivity contribution in [3.8, 4) is 0 Å². The van der Waals surface area contributed by atoms with Gasteiger partial charge < -0.3 is 15.4 Å². The highest BCUT2D eigenvalue weighted by Gasteiger charge is 2.19. The fourth-order valence-electron chi connectivity index (χ4n) is 2.95. The lowest BCUT2D eigenvalue weighted by atomic mass is 10.0. The Kier molecular flexibility index (Phi) is 3.03. The van der Waals surface area contributed by atoms with Crippen LogP contribution in [0.15, 0.2) is 18.3 Å². The number of fused-ring (bicyclic) bond motifs is 2. The van der Waals surface area contributed by atoms with Crippen molar-refractivity contribution in [3.05, 3.63) is 35.0 Å². The number of benzene rings is 1. The fraction of sp³-hybridized carbons (Fsp3) is 0.400. The first-order chi connectivity index (χ1) is 9.19. The monoisotopic (exact) mass is 258 g/mol. The Morgan fingerprint density at radius 1 is 1.42 bits per heavy atom. The molecule has 0 aliphatic heterocycles. The number of likely N-dealkylation sites (N-methyl/N-ethyl adjacent to an activating group) is 1. The van der Waals surface area contributed by atoms with Crippen molar-refractivity contribution in [1.82, 2.24) is 10.3 Å². The van der Waals surface area contributed by atoms with E-state index in [0.717, 1.165) is 23.9 Å². The van der Waals surface area contributed by atoms with Crippen LogP contribution in [0.1, 0.15) is 23.1 Å². The summed E-state index contributed by atoms with van der Waals surface area (Å²) in [5, 5.41) is 13.1. The number of carboxylic acids is 1. The number of carboxylic acid groups (broad SMARTS) is 1. The molecule has 0 amide bonds. The summed E-state index contributed by atoms with van der Waals surface area (Å²) in [5.74, 6) is -0.807. The van der Waals surface area contributed by atoms with Crippen LogP contribution in [0.4, 0.5) is 0 Å². The molecule has 0 saturated heterocycles. The molecule has 19 heavy (non-hydrogen) atoms. The lowest BCUT2D eigenvalue weighted by Crippen LogP contribution is -2.35. The minimum atomic E-state index is -0.807. The maximum Gasteiger partial charge on any atom is 0.321 e. The molecule has 0 fully saturated rings. The average molecular weight is 258 g/mol. The van der Waals surface area contributed by atoms with E-state index in [2.05, 4.69) is 22.4 Å². The Morgan fingerprint density at radius 2 is 2.16 bits per heavy atom. The zero-order valence-corrected chi connectivity index (χ0v) is 11.0. The van der Waals surface area contributed by atoms with E-state index in [1.807, 2.05) is 6.20 Å². The summed E-state index contributed by atoms with van der Waals surface area (Å²) in [4.78, 5) is 14.4. The Labute approximate surface area is 111 Å². The molecule has 3 N–H and O–H groups in total. The number of aliphatic carboxylic acids is 1. The molecule has 1 aromatic carbocycles. The number of aromatic amines is 1. The van der Waals surface area contributed by atoms with Crippen LogP contribution in [0.3, 0.4) is 0 Å². The Balaban J connectivity index is 1.98. The number of hydrogen-bond donors (Lipinski definition) is 3. The van der Waals surface area contributed by atoms with Crippen LogP contribution in [-0.2, 0) is 24.1 Å². The third-order valence-electron chi connectivity index (χ3n) is 4.05. The van der Waals surface area contributed by atoms with Crippen molar-refractivity contribution in [3.63, 3.8) is 0 Å². The minimum absolute atomic E-state index is 0.505. The first-order valence-electron chi connectivity index (χ1n) is 6.71. The third-order valence-corrected chi connectivity index (χ3v) is 4.05. The van der Waals surface area contributed by atoms with Crippen LogP contribution in [0.25, 0.3) is 10.9 Å². The molecular weight excluding hydrogens is 240 g/mol. The summed E-state index contributed by atoms with van der Waals surface area (Å²) in [7, 11) is 1.69. The molecule has 4 nitrogen and oxygen atoms in total. The molecule has 1 atom stereocenters. The SMILES string of the molecule is CNC(Cc1c[nH]c2cc3c(cc12)CCC3)C(=O)O. The quantitative estimate of drug-likeness (QED) is 0.784. The van der Waals surface area contributed by atoms with E-state index in [1.54, 1.807) is 7.05 Å². The molecule has 4 heteroatoms. The van der Waals surface area contributed by atoms with E-state index in [-0.39, 0.29) is 0 Å². The normalized spacial score (nSPS) is 15.6. The first-order valence-corrected chi connectivity index (χ1v) is 6.71. The number of nitrogens with one attached hydrogen (secondary N) is 2. The minimum Gasteiger partial charge on any atom is -0.480 e. The highest BCUT2D eigenvalue weighted by atomic mass is 16.4. The Morgan fingerprint density at radius 3 is 2.84 bits per heavy atom. The lowest BCUT2D eigenvalue weighted by Gasteiger charge is -2.10. The third kappa shape index (κ3) is 2.12. The summed E-state index contributed by atoms with van der Waals surface area (Å²) in [6, 6.07) is 3.92. The van der Waals surface area contributed by atoms with Gasteiger partial charge >= 0.3 is 5.97 Å². The van der Waals surface area contributed by atoms with Gasteiger partial charge in [-0.05, 0) is 55.1 Å². The van der Waals surface area contributed by atoms with E-state index < -0.39 is 12.0 Å². The molecule has 1 aromatic heterocycles. The van der Waals surface area contributed by atoms with E-state index in [9.17, 15) is 4.79 Å². The zero-order chi connectivity index (χ0) is 13.4. The van der Waals surface area contributed by atoms with Gasteiger partial charge in [0.15, 0.2) is 0 Å². The predicted octanol–water partition coefficient (Wildman–Crippen LogP) is 1.87. The number of H-pyrrole nitrogens is 1. The predicted molar refractivity (Wildman–Crippen MR) is 74.5 cm³/mol. The number of aryl methyl sites for hydroxylation is 2. The average Bonchev–Trinajstić information content (AvgIpc) is 2.99. The number of aromatic nitrogens is 1. The Bertz CT molecular complexity index is 630. The maximum absolute atomic E-state index is 11.1. The number of rotatable bonds is 4. The molecule has 2 aromatic rings. The number of carbonyl (C=O) groups is 1. The topological polar surface area (TPSA) is 65.1 Å². The van der Waals surface area contributed by atoms with Gasteiger partial charge in [0.25, 0.3) is 0 Å². The summed E-state index contributed by atoms with van der Waals surface area (Å²) < 4.78 is 0. The molecule has 0 bridgehead atoms. The van der Waals surface area contributed by atoms with Gasteiger partial charge in [0, 0.05) is 23.5 Å². The van der Waals surface area contributed by atoms with Gasteiger partial charge in [-0.25, -0.2) is 0 Å². The molecule has 3 rings (SSSR count). The second-order valence-electron chi connectivity index (χ2n) is 5.22. The molecule has 1 aliphatic carbocycles. The van der Waals surface area contributed by atoms with Gasteiger partial charge in [0.05, 0.1) is 0 Å².